The quantitative estimate of drug-likeness (QED) is 0.823. The SMILES string of the molecule is O=S(=O)(F)/C=C/c1c(CO)[nH]c2ccccc12. The molecule has 0 spiro atoms. The third-order valence-corrected chi connectivity index (χ3v) is 2.84. The number of benzene rings is 1. The molecule has 0 unspecified atom stereocenters. The third kappa shape index (κ3) is 2.54. The lowest BCUT2D eigenvalue weighted by Crippen LogP contribution is -1.87. The van der Waals surface area contributed by atoms with Gasteiger partial charge in [0.25, 0.3) is 0 Å². The molecule has 0 saturated heterocycles. The normalized spacial score (nSPS) is 12.6. The van der Waals surface area contributed by atoms with E-state index >= 15 is 0 Å². The molecule has 0 radical (unpaired) electrons. The van der Waals surface area contributed by atoms with Gasteiger partial charge in [0.05, 0.1) is 12.0 Å². The highest BCUT2D eigenvalue weighted by atomic mass is 32.3. The second-order valence-corrected chi connectivity index (χ2v) is 4.72. The lowest BCUT2D eigenvalue weighted by molar-refractivity contribution is 0.277. The highest BCUT2D eigenvalue weighted by molar-refractivity contribution is 7.89. The van der Waals surface area contributed by atoms with Crippen molar-refractivity contribution in [2.24, 2.45) is 0 Å². The standard InChI is InChI=1S/C11H10FNO3S/c12-17(15,16)6-5-9-8-3-1-2-4-10(8)13-11(9)7-14/h1-6,13-14H,7H2/b6-5+. The predicted molar refractivity (Wildman–Crippen MR) is 63.3 cm³/mol. The summed E-state index contributed by atoms with van der Waals surface area (Å²) in [6, 6.07) is 7.13. The zero-order valence-electron chi connectivity index (χ0n) is 8.72. The lowest BCUT2D eigenvalue weighted by atomic mass is 10.1. The van der Waals surface area contributed by atoms with Crippen LogP contribution in [0.1, 0.15) is 11.3 Å². The Kier molecular flexibility index (Phi) is 2.99. The Labute approximate surface area is 97.6 Å². The van der Waals surface area contributed by atoms with Crippen LogP contribution in [0.25, 0.3) is 17.0 Å². The van der Waals surface area contributed by atoms with Crippen molar-refractivity contribution in [1.29, 1.82) is 0 Å². The van der Waals surface area contributed by atoms with Gasteiger partial charge in [-0.25, -0.2) is 0 Å². The number of rotatable bonds is 3. The monoisotopic (exact) mass is 255 g/mol. The molecule has 0 aliphatic rings. The van der Waals surface area contributed by atoms with Crippen LogP contribution in [-0.4, -0.2) is 18.5 Å². The molecule has 0 aliphatic heterocycles. The van der Waals surface area contributed by atoms with Crippen LogP contribution < -0.4 is 0 Å². The highest BCUT2D eigenvalue weighted by Gasteiger charge is 2.09. The number of aromatic amines is 1. The average Bonchev–Trinajstić information content (AvgIpc) is 2.63. The lowest BCUT2D eigenvalue weighted by Gasteiger charge is -1.94. The molecule has 0 bridgehead atoms. The van der Waals surface area contributed by atoms with Gasteiger partial charge in [-0.2, -0.15) is 8.42 Å². The molecule has 0 aliphatic carbocycles. The number of para-hydroxylation sites is 1. The van der Waals surface area contributed by atoms with Crippen LogP contribution >= 0.6 is 0 Å². The third-order valence-electron chi connectivity index (χ3n) is 2.38. The summed E-state index contributed by atoms with van der Waals surface area (Å²) < 4.78 is 33.3. The maximum absolute atomic E-state index is 12.4. The molecule has 2 rings (SSSR count). The zero-order chi connectivity index (χ0) is 12.5. The number of halogens is 1. The molecule has 1 heterocycles. The van der Waals surface area contributed by atoms with Gasteiger partial charge in [0, 0.05) is 22.2 Å². The minimum Gasteiger partial charge on any atom is -0.390 e. The fraction of sp³-hybridized carbons (Fsp3) is 0.0909. The maximum atomic E-state index is 12.4. The summed E-state index contributed by atoms with van der Waals surface area (Å²) in [6.07, 6.45) is 1.14. The Morgan fingerprint density at radius 1 is 1.35 bits per heavy atom. The summed E-state index contributed by atoms with van der Waals surface area (Å²) in [5.41, 5.74) is 1.68. The molecular formula is C11H10FNO3S. The number of aliphatic hydroxyl groups excluding tert-OH is 1. The van der Waals surface area contributed by atoms with Gasteiger partial charge in [0.1, 0.15) is 0 Å². The predicted octanol–water partition coefficient (Wildman–Crippen LogP) is 1.93. The number of aromatic nitrogens is 1. The molecule has 4 nitrogen and oxygen atoms in total. The molecule has 2 aromatic rings. The summed E-state index contributed by atoms with van der Waals surface area (Å²) >= 11 is 0. The van der Waals surface area contributed by atoms with Crippen molar-refractivity contribution in [2.75, 3.05) is 0 Å². The maximum Gasteiger partial charge on any atom is 0.325 e. The van der Waals surface area contributed by atoms with Crippen molar-refractivity contribution in [3.05, 3.63) is 40.9 Å². The van der Waals surface area contributed by atoms with Crippen molar-refractivity contribution in [3.8, 4) is 0 Å². The first-order valence-corrected chi connectivity index (χ1v) is 6.29. The molecule has 17 heavy (non-hydrogen) atoms. The topological polar surface area (TPSA) is 70.2 Å². The van der Waals surface area contributed by atoms with Crippen LogP contribution in [0.3, 0.4) is 0 Å². The van der Waals surface area contributed by atoms with Crippen LogP contribution in [-0.2, 0) is 16.8 Å². The molecular weight excluding hydrogens is 245 g/mol. The van der Waals surface area contributed by atoms with E-state index in [1.807, 2.05) is 0 Å². The Balaban J connectivity index is 2.62. The minimum atomic E-state index is -4.67. The van der Waals surface area contributed by atoms with E-state index in [9.17, 15) is 12.3 Å². The summed E-state index contributed by atoms with van der Waals surface area (Å²) in [5.74, 6) is 0. The van der Waals surface area contributed by atoms with Gasteiger partial charge < -0.3 is 10.1 Å². The second-order valence-electron chi connectivity index (χ2n) is 3.50. The summed E-state index contributed by atoms with van der Waals surface area (Å²) in [7, 11) is -4.67. The van der Waals surface area contributed by atoms with E-state index in [4.69, 9.17) is 5.11 Å². The van der Waals surface area contributed by atoms with E-state index in [1.165, 1.54) is 0 Å². The van der Waals surface area contributed by atoms with Crippen LogP contribution in [0.5, 0.6) is 0 Å². The van der Waals surface area contributed by atoms with E-state index in [1.54, 1.807) is 24.3 Å². The number of H-pyrrole nitrogens is 1. The van der Waals surface area contributed by atoms with Crippen molar-refractivity contribution < 1.29 is 17.4 Å². The minimum absolute atomic E-state index is 0.277. The number of nitrogens with one attached hydrogen (secondary N) is 1. The number of aliphatic hydroxyl groups is 1. The fourth-order valence-corrected chi connectivity index (χ4v) is 1.98. The van der Waals surface area contributed by atoms with Crippen LogP contribution in [0.4, 0.5) is 3.89 Å². The van der Waals surface area contributed by atoms with Gasteiger partial charge in [-0.3, -0.25) is 0 Å². The fourth-order valence-electron chi connectivity index (χ4n) is 1.68. The second kappa shape index (κ2) is 4.31. The smallest absolute Gasteiger partial charge is 0.325 e. The van der Waals surface area contributed by atoms with E-state index in [2.05, 4.69) is 4.98 Å². The summed E-state index contributed by atoms with van der Waals surface area (Å²) in [4.78, 5) is 2.93. The Morgan fingerprint density at radius 2 is 2.06 bits per heavy atom. The zero-order valence-corrected chi connectivity index (χ0v) is 9.54. The van der Waals surface area contributed by atoms with Gasteiger partial charge in [-0.05, 0) is 12.1 Å². The van der Waals surface area contributed by atoms with Gasteiger partial charge in [-0.15, -0.1) is 3.89 Å². The number of hydrogen-bond acceptors (Lipinski definition) is 3. The van der Waals surface area contributed by atoms with Gasteiger partial charge >= 0.3 is 10.2 Å². The molecule has 6 heteroatoms. The van der Waals surface area contributed by atoms with E-state index in [0.29, 0.717) is 16.7 Å². The van der Waals surface area contributed by atoms with Crippen molar-refractivity contribution >= 4 is 27.2 Å². The summed E-state index contributed by atoms with van der Waals surface area (Å²) in [6.45, 7) is -0.277. The van der Waals surface area contributed by atoms with E-state index < -0.39 is 10.2 Å². The highest BCUT2D eigenvalue weighted by Crippen LogP contribution is 2.24. The van der Waals surface area contributed by atoms with Crippen LogP contribution in [0.15, 0.2) is 29.7 Å². The van der Waals surface area contributed by atoms with Gasteiger partial charge in [0.2, 0.25) is 0 Å². The largest absolute Gasteiger partial charge is 0.390 e. The van der Waals surface area contributed by atoms with Crippen LogP contribution in [0, 0.1) is 0 Å². The first-order chi connectivity index (χ1) is 8.01. The first-order valence-electron chi connectivity index (χ1n) is 4.84. The molecule has 1 aromatic heterocycles. The first kappa shape index (κ1) is 11.8. The molecule has 0 saturated carbocycles. The Hall–Kier alpha value is -1.66. The van der Waals surface area contributed by atoms with Crippen molar-refractivity contribution in [3.63, 3.8) is 0 Å². The van der Waals surface area contributed by atoms with Gasteiger partial charge in [-0.1, -0.05) is 18.2 Å². The Bertz CT molecular complexity index is 673. The number of hydrogen-bond donors (Lipinski definition) is 2. The van der Waals surface area contributed by atoms with Gasteiger partial charge in [0.15, 0.2) is 0 Å². The Morgan fingerprint density at radius 3 is 2.71 bits per heavy atom. The number of fused-ring (bicyclic) bond motifs is 1. The van der Waals surface area contributed by atoms with Crippen molar-refractivity contribution in [1.82, 2.24) is 4.98 Å². The molecule has 0 amide bonds. The molecule has 1 aromatic carbocycles. The molecule has 0 fully saturated rings. The average molecular weight is 255 g/mol. The van der Waals surface area contributed by atoms with E-state index in [0.717, 1.165) is 17.0 Å². The van der Waals surface area contributed by atoms with Crippen molar-refractivity contribution in [2.45, 2.75) is 6.61 Å². The van der Waals surface area contributed by atoms with Crippen LogP contribution in [0.2, 0.25) is 0 Å². The molecule has 2 N–H and O–H groups in total. The molecule has 0 atom stereocenters. The van der Waals surface area contributed by atoms with E-state index in [-0.39, 0.29) is 6.61 Å². The summed E-state index contributed by atoms with van der Waals surface area (Å²) in [5, 5.41) is 10.3. The molecule has 90 valence electrons.